The first-order valence-electron chi connectivity index (χ1n) is 14.5. The van der Waals surface area contributed by atoms with Crippen molar-refractivity contribution in [1.82, 2.24) is 25.2 Å². The molecule has 224 valence electrons. The number of aryl methyl sites for hydroxylation is 2. The summed E-state index contributed by atoms with van der Waals surface area (Å²) in [6.07, 6.45) is -0.203. The zero-order valence-electron chi connectivity index (χ0n) is 23.3. The Morgan fingerprint density at radius 2 is 1.86 bits per heavy atom. The molecule has 8 nitrogen and oxygen atoms in total. The first kappa shape index (κ1) is 27.5. The molecule has 7 rings (SSSR count). The molecule has 2 aromatic heterocycles. The van der Waals surface area contributed by atoms with E-state index in [1.54, 1.807) is 0 Å². The van der Waals surface area contributed by atoms with Crippen molar-refractivity contribution in [2.24, 2.45) is 0 Å². The number of nitrogens with two attached hydrogens (primary N) is 1. The number of hydrogen-bond donors (Lipinski definition) is 2. The Hall–Kier alpha value is -3.32. The second-order valence-electron chi connectivity index (χ2n) is 11.9. The van der Waals surface area contributed by atoms with Gasteiger partial charge in [-0.1, -0.05) is 0 Å². The third-order valence-electron chi connectivity index (χ3n) is 9.47. The fourth-order valence-corrected chi connectivity index (χ4v) is 7.56. The van der Waals surface area contributed by atoms with E-state index in [1.807, 2.05) is 4.90 Å². The number of alkyl halides is 3. The summed E-state index contributed by atoms with van der Waals surface area (Å²) in [5, 5.41) is 3.50. The number of hydrogen-bond acceptors (Lipinski definition) is 8. The molecule has 4 aliphatic rings. The van der Waals surface area contributed by atoms with Crippen LogP contribution >= 0.6 is 0 Å². The van der Waals surface area contributed by atoms with Crippen LogP contribution in [0.4, 0.5) is 33.6 Å². The fourth-order valence-electron chi connectivity index (χ4n) is 7.56. The molecule has 6 heterocycles. The lowest BCUT2D eigenvalue weighted by atomic mass is 9.94. The van der Waals surface area contributed by atoms with E-state index in [9.17, 15) is 13.2 Å². The number of ether oxygens (including phenoxy) is 1. The number of nitrogens with zero attached hydrogens (tertiary/aromatic N) is 5. The van der Waals surface area contributed by atoms with E-state index in [4.69, 9.17) is 15.5 Å². The molecular weight excluding hydrogens is 557 g/mol. The lowest BCUT2D eigenvalue weighted by molar-refractivity contribution is -0.137. The zero-order valence-corrected chi connectivity index (χ0v) is 23.3. The number of nitrogen functional groups attached to an aromatic ring is 1. The number of piperazine rings is 1. The van der Waals surface area contributed by atoms with Crippen molar-refractivity contribution in [1.29, 1.82) is 0 Å². The third-order valence-corrected chi connectivity index (χ3v) is 9.47. The maximum absolute atomic E-state index is 16.6. The summed E-state index contributed by atoms with van der Waals surface area (Å²) in [6, 6.07) is 0.907. The highest BCUT2D eigenvalue weighted by molar-refractivity contribution is 5.97. The van der Waals surface area contributed by atoms with E-state index >= 15 is 8.78 Å². The number of nitrogens with one attached hydrogen (secondary N) is 1. The summed E-state index contributed by atoms with van der Waals surface area (Å²) in [7, 11) is 0. The van der Waals surface area contributed by atoms with Gasteiger partial charge in [-0.2, -0.15) is 23.1 Å². The molecule has 4 aliphatic heterocycles. The Morgan fingerprint density at radius 3 is 2.60 bits per heavy atom. The van der Waals surface area contributed by atoms with E-state index < -0.39 is 34.6 Å². The average molecular weight is 590 g/mol. The lowest BCUT2D eigenvalue weighted by Gasteiger charge is -2.36. The fraction of sp³-hybridized carbons (Fsp3) is 0.552. The molecule has 0 saturated carbocycles. The second kappa shape index (κ2) is 9.87. The highest BCUT2D eigenvalue weighted by Gasteiger charge is 2.45. The molecular formula is C29H32F5N7O. The van der Waals surface area contributed by atoms with Gasteiger partial charge in [0.1, 0.15) is 29.6 Å². The van der Waals surface area contributed by atoms with Gasteiger partial charge in [0.25, 0.3) is 0 Å². The molecule has 3 N–H and O–H groups in total. The summed E-state index contributed by atoms with van der Waals surface area (Å²) >= 11 is 0. The molecule has 0 amide bonds. The standard InChI is InChI=1S/C29H32F5N7O/c1-15-12-18(35)37-24(21(15)29(32,33)34)20-22(30)17-5-4-16-13-36-8-11-41(16)26-19(17)25(23(20)31)38-27(39-26)42-14-28-6-2-9-40(28)10-3-7-28/h12,16,36H,2-11,13-14H2,1H3,(H2,35,37). The van der Waals surface area contributed by atoms with Gasteiger partial charge in [0.15, 0.2) is 5.82 Å². The van der Waals surface area contributed by atoms with Crippen LogP contribution < -0.4 is 20.7 Å². The van der Waals surface area contributed by atoms with Crippen molar-refractivity contribution in [3.63, 3.8) is 0 Å². The summed E-state index contributed by atoms with van der Waals surface area (Å²) in [6.45, 7) is 5.30. The van der Waals surface area contributed by atoms with E-state index in [-0.39, 0.29) is 51.9 Å². The minimum Gasteiger partial charge on any atom is -0.461 e. The van der Waals surface area contributed by atoms with Gasteiger partial charge in [0.2, 0.25) is 0 Å². The minimum absolute atomic E-state index is 0.0692. The van der Waals surface area contributed by atoms with Crippen molar-refractivity contribution >= 4 is 22.5 Å². The topological polar surface area (TPSA) is 92.4 Å². The summed E-state index contributed by atoms with van der Waals surface area (Å²) < 4.78 is 82.0. The van der Waals surface area contributed by atoms with E-state index in [1.165, 1.54) is 6.92 Å². The first-order valence-corrected chi connectivity index (χ1v) is 14.5. The number of anilines is 2. The van der Waals surface area contributed by atoms with E-state index in [0.717, 1.165) is 44.8 Å². The largest absolute Gasteiger partial charge is 0.461 e. The molecule has 3 aromatic rings. The molecule has 1 atom stereocenters. The van der Waals surface area contributed by atoms with Crippen LogP contribution in [0.15, 0.2) is 6.07 Å². The molecule has 1 unspecified atom stereocenters. The van der Waals surface area contributed by atoms with Crippen LogP contribution in [0, 0.1) is 18.6 Å². The van der Waals surface area contributed by atoms with Gasteiger partial charge in [-0.3, -0.25) is 4.90 Å². The van der Waals surface area contributed by atoms with Gasteiger partial charge in [-0.15, -0.1) is 0 Å². The van der Waals surface area contributed by atoms with Crippen LogP contribution in [0.3, 0.4) is 0 Å². The predicted molar refractivity (Wildman–Crippen MR) is 147 cm³/mol. The maximum Gasteiger partial charge on any atom is 0.418 e. The van der Waals surface area contributed by atoms with Crippen LogP contribution in [-0.4, -0.2) is 70.8 Å². The molecule has 3 saturated heterocycles. The van der Waals surface area contributed by atoms with Crippen LogP contribution in [0.5, 0.6) is 6.01 Å². The highest BCUT2D eigenvalue weighted by atomic mass is 19.4. The molecule has 1 aromatic carbocycles. The molecule has 3 fully saturated rings. The molecule has 13 heteroatoms. The molecule has 0 spiro atoms. The van der Waals surface area contributed by atoms with Gasteiger partial charge in [-0.05, 0) is 70.2 Å². The van der Waals surface area contributed by atoms with Crippen LogP contribution in [0.2, 0.25) is 0 Å². The van der Waals surface area contributed by atoms with E-state index in [0.29, 0.717) is 38.5 Å². The number of rotatable bonds is 4. The second-order valence-corrected chi connectivity index (χ2v) is 11.9. The maximum atomic E-state index is 16.6. The van der Waals surface area contributed by atoms with Crippen molar-refractivity contribution in [2.45, 2.75) is 63.2 Å². The molecule has 0 radical (unpaired) electrons. The monoisotopic (exact) mass is 589 g/mol. The molecule has 42 heavy (non-hydrogen) atoms. The van der Waals surface area contributed by atoms with E-state index in [2.05, 4.69) is 20.2 Å². The third kappa shape index (κ3) is 4.26. The number of benzene rings is 1. The van der Waals surface area contributed by atoms with Crippen LogP contribution in [0.25, 0.3) is 22.2 Å². The number of fused-ring (bicyclic) bond motifs is 3. The SMILES string of the molecule is Cc1cc(N)nc(-c2c(F)c3c4c(nc(OCC56CCCN5CCC6)nc4c2F)N2CCNCC2CC3)c1C(F)(F)F. The summed E-state index contributed by atoms with van der Waals surface area (Å²) in [4.78, 5) is 17.4. The van der Waals surface area contributed by atoms with Crippen molar-refractivity contribution in [3.8, 4) is 17.3 Å². The lowest BCUT2D eigenvalue weighted by Crippen LogP contribution is -2.51. The van der Waals surface area contributed by atoms with Crippen LogP contribution in [0.1, 0.15) is 48.8 Å². The Labute approximate surface area is 239 Å². The number of pyridine rings is 1. The Kier molecular flexibility index (Phi) is 6.46. The van der Waals surface area contributed by atoms with Gasteiger partial charge >= 0.3 is 12.2 Å². The van der Waals surface area contributed by atoms with Crippen LogP contribution in [-0.2, 0) is 12.6 Å². The number of aromatic nitrogens is 3. The van der Waals surface area contributed by atoms with Gasteiger partial charge in [0.05, 0.1) is 27.7 Å². The van der Waals surface area contributed by atoms with Gasteiger partial charge in [-0.25, -0.2) is 13.8 Å². The average Bonchev–Trinajstić information content (AvgIpc) is 3.46. The minimum atomic E-state index is -4.92. The van der Waals surface area contributed by atoms with Gasteiger partial charge < -0.3 is 20.7 Å². The summed E-state index contributed by atoms with van der Waals surface area (Å²) in [5.41, 5.74) is 2.20. The smallest absolute Gasteiger partial charge is 0.418 e. The number of halogens is 5. The Balaban J connectivity index is 1.45. The zero-order chi connectivity index (χ0) is 29.4. The quantitative estimate of drug-likeness (QED) is 0.427. The molecule has 0 bridgehead atoms. The van der Waals surface area contributed by atoms with Gasteiger partial charge in [0, 0.05) is 31.2 Å². The Bertz CT molecular complexity index is 1570. The van der Waals surface area contributed by atoms with Crippen molar-refractivity contribution < 1.29 is 26.7 Å². The van der Waals surface area contributed by atoms with Crippen molar-refractivity contribution in [3.05, 3.63) is 34.4 Å². The van der Waals surface area contributed by atoms with Crippen molar-refractivity contribution in [2.75, 3.05) is 50.0 Å². The first-order chi connectivity index (χ1) is 20.1. The summed E-state index contributed by atoms with van der Waals surface area (Å²) in [5.74, 6) is -2.26. The Morgan fingerprint density at radius 1 is 1.10 bits per heavy atom. The molecule has 0 aliphatic carbocycles. The predicted octanol–water partition coefficient (Wildman–Crippen LogP) is 4.61. The normalized spacial score (nSPS) is 21.9. The highest BCUT2D eigenvalue weighted by Crippen LogP contribution is 2.46.